The summed E-state index contributed by atoms with van der Waals surface area (Å²) >= 11 is 1.77. The van der Waals surface area contributed by atoms with Gasteiger partial charge in [-0.2, -0.15) is 11.3 Å². The molecule has 1 N–H and O–H groups in total. The number of hydrogen-bond donors (Lipinski definition) is 1. The molecule has 1 aromatic heterocycles. The van der Waals surface area contributed by atoms with Crippen molar-refractivity contribution < 1.29 is 0 Å². The zero-order valence-corrected chi connectivity index (χ0v) is 10.8. The molecular formula is C12H22N2S. The molecular weight excluding hydrogens is 204 g/mol. The number of hydrogen-bond acceptors (Lipinski definition) is 3. The average Bonchev–Trinajstić information content (AvgIpc) is 2.64. The molecule has 0 radical (unpaired) electrons. The van der Waals surface area contributed by atoms with Crippen molar-refractivity contribution in [3.8, 4) is 0 Å². The van der Waals surface area contributed by atoms with Crippen LogP contribution in [0.25, 0.3) is 0 Å². The molecule has 0 saturated carbocycles. The maximum atomic E-state index is 3.44. The van der Waals surface area contributed by atoms with Crippen LogP contribution < -0.4 is 5.32 Å². The van der Waals surface area contributed by atoms with Gasteiger partial charge in [-0.05, 0) is 48.9 Å². The Bertz CT molecular complexity index is 244. The minimum atomic E-state index is 0.604. The summed E-state index contributed by atoms with van der Waals surface area (Å²) in [5.74, 6) is 0. The summed E-state index contributed by atoms with van der Waals surface area (Å²) in [6, 6.07) is 2.81. The molecule has 86 valence electrons. The van der Waals surface area contributed by atoms with Crippen LogP contribution in [0.1, 0.15) is 25.8 Å². The van der Waals surface area contributed by atoms with E-state index < -0.39 is 0 Å². The Morgan fingerprint density at radius 1 is 1.47 bits per heavy atom. The van der Waals surface area contributed by atoms with Gasteiger partial charge in [0.1, 0.15) is 0 Å². The van der Waals surface area contributed by atoms with Gasteiger partial charge in [-0.15, -0.1) is 0 Å². The van der Waals surface area contributed by atoms with Crippen LogP contribution in [0, 0.1) is 0 Å². The molecule has 2 nitrogen and oxygen atoms in total. The van der Waals surface area contributed by atoms with E-state index in [0.717, 1.165) is 19.6 Å². The highest BCUT2D eigenvalue weighted by atomic mass is 32.1. The number of rotatable bonds is 7. The number of nitrogens with zero attached hydrogens (tertiary/aromatic N) is 1. The third-order valence-corrected chi connectivity index (χ3v) is 3.03. The summed E-state index contributed by atoms with van der Waals surface area (Å²) < 4.78 is 0. The van der Waals surface area contributed by atoms with Crippen molar-refractivity contribution in [2.75, 3.05) is 20.1 Å². The van der Waals surface area contributed by atoms with Gasteiger partial charge in [-0.3, -0.25) is 0 Å². The molecule has 0 aliphatic carbocycles. The van der Waals surface area contributed by atoms with Crippen LogP contribution >= 0.6 is 11.3 Å². The molecule has 0 unspecified atom stereocenters. The maximum Gasteiger partial charge on any atom is 0.0238 e. The SMILES string of the molecule is CC(C)NCCCN(C)Cc1ccsc1. The van der Waals surface area contributed by atoms with Crippen molar-refractivity contribution in [1.29, 1.82) is 0 Å². The predicted molar refractivity (Wildman–Crippen MR) is 68.4 cm³/mol. The summed E-state index contributed by atoms with van der Waals surface area (Å²) in [6.07, 6.45) is 1.22. The first-order valence-corrected chi connectivity index (χ1v) is 6.56. The molecule has 0 fully saturated rings. The lowest BCUT2D eigenvalue weighted by Crippen LogP contribution is -2.27. The van der Waals surface area contributed by atoms with Gasteiger partial charge >= 0.3 is 0 Å². The van der Waals surface area contributed by atoms with E-state index in [0.29, 0.717) is 6.04 Å². The fraction of sp³-hybridized carbons (Fsp3) is 0.667. The number of thiophene rings is 1. The normalized spacial score (nSPS) is 11.5. The fourth-order valence-corrected chi connectivity index (χ4v) is 2.17. The van der Waals surface area contributed by atoms with Gasteiger partial charge in [0.25, 0.3) is 0 Å². The second-order valence-corrected chi connectivity index (χ2v) is 5.11. The van der Waals surface area contributed by atoms with Crippen LogP contribution in [0.3, 0.4) is 0 Å². The summed E-state index contributed by atoms with van der Waals surface area (Å²) in [5, 5.41) is 7.80. The van der Waals surface area contributed by atoms with E-state index in [-0.39, 0.29) is 0 Å². The topological polar surface area (TPSA) is 15.3 Å². The van der Waals surface area contributed by atoms with Gasteiger partial charge in [0.2, 0.25) is 0 Å². The molecule has 1 aromatic rings. The Kier molecular flexibility index (Phi) is 5.91. The highest BCUT2D eigenvalue weighted by Gasteiger charge is 2.00. The van der Waals surface area contributed by atoms with Crippen molar-refractivity contribution in [3.05, 3.63) is 22.4 Å². The smallest absolute Gasteiger partial charge is 0.0238 e. The van der Waals surface area contributed by atoms with E-state index >= 15 is 0 Å². The van der Waals surface area contributed by atoms with Gasteiger partial charge in [-0.1, -0.05) is 13.8 Å². The van der Waals surface area contributed by atoms with Crippen LogP contribution in [-0.4, -0.2) is 31.1 Å². The molecule has 0 aliphatic heterocycles. The lowest BCUT2D eigenvalue weighted by atomic mass is 10.3. The third kappa shape index (κ3) is 5.92. The van der Waals surface area contributed by atoms with E-state index in [4.69, 9.17) is 0 Å². The molecule has 0 atom stereocenters. The average molecular weight is 226 g/mol. The summed E-state index contributed by atoms with van der Waals surface area (Å²) in [4.78, 5) is 2.38. The molecule has 0 saturated heterocycles. The monoisotopic (exact) mass is 226 g/mol. The van der Waals surface area contributed by atoms with Crippen LogP contribution in [-0.2, 0) is 6.54 Å². The van der Waals surface area contributed by atoms with Crippen LogP contribution in [0.2, 0.25) is 0 Å². The Balaban J connectivity index is 2.06. The third-order valence-electron chi connectivity index (χ3n) is 2.30. The van der Waals surface area contributed by atoms with Gasteiger partial charge in [0, 0.05) is 12.6 Å². The molecule has 1 heterocycles. The van der Waals surface area contributed by atoms with Crippen molar-refractivity contribution in [3.63, 3.8) is 0 Å². The Hall–Kier alpha value is -0.380. The lowest BCUT2D eigenvalue weighted by molar-refractivity contribution is 0.318. The van der Waals surface area contributed by atoms with E-state index in [1.165, 1.54) is 12.0 Å². The van der Waals surface area contributed by atoms with Gasteiger partial charge in [-0.25, -0.2) is 0 Å². The Morgan fingerprint density at radius 3 is 2.87 bits per heavy atom. The maximum absolute atomic E-state index is 3.44. The molecule has 1 rings (SSSR count). The minimum Gasteiger partial charge on any atom is -0.314 e. The standard InChI is InChI=1S/C12H22N2S/c1-11(2)13-6-4-7-14(3)9-12-5-8-15-10-12/h5,8,10-11,13H,4,6-7,9H2,1-3H3. The largest absolute Gasteiger partial charge is 0.314 e. The van der Waals surface area contributed by atoms with Crippen molar-refractivity contribution in [1.82, 2.24) is 10.2 Å². The second kappa shape index (κ2) is 6.99. The molecule has 0 amide bonds. The lowest BCUT2D eigenvalue weighted by Gasteiger charge is -2.16. The quantitative estimate of drug-likeness (QED) is 0.719. The summed E-state index contributed by atoms with van der Waals surface area (Å²) in [7, 11) is 2.19. The van der Waals surface area contributed by atoms with Crippen LogP contribution in [0.15, 0.2) is 16.8 Å². The van der Waals surface area contributed by atoms with Gasteiger partial charge in [0.15, 0.2) is 0 Å². The van der Waals surface area contributed by atoms with E-state index in [2.05, 4.69) is 47.9 Å². The Morgan fingerprint density at radius 2 is 2.27 bits per heavy atom. The summed E-state index contributed by atoms with van der Waals surface area (Å²) in [5.41, 5.74) is 1.43. The molecule has 0 bridgehead atoms. The van der Waals surface area contributed by atoms with Gasteiger partial charge in [0.05, 0.1) is 0 Å². The highest BCUT2D eigenvalue weighted by molar-refractivity contribution is 7.07. The first-order valence-electron chi connectivity index (χ1n) is 5.61. The summed E-state index contributed by atoms with van der Waals surface area (Å²) in [6.45, 7) is 7.73. The van der Waals surface area contributed by atoms with Crippen molar-refractivity contribution in [2.24, 2.45) is 0 Å². The molecule has 3 heteroatoms. The zero-order chi connectivity index (χ0) is 11.1. The molecule has 0 spiro atoms. The minimum absolute atomic E-state index is 0.604. The first kappa shape index (κ1) is 12.7. The number of nitrogens with one attached hydrogen (secondary N) is 1. The zero-order valence-electron chi connectivity index (χ0n) is 9.99. The van der Waals surface area contributed by atoms with Crippen LogP contribution in [0.4, 0.5) is 0 Å². The van der Waals surface area contributed by atoms with Crippen LogP contribution in [0.5, 0.6) is 0 Å². The Labute approximate surface area is 97.3 Å². The van der Waals surface area contributed by atoms with E-state index in [9.17, 15) is 0 Å². The van der Waals surface area contributed by atoms with Crippen molar-refractivity contribution in [2.45, 2.75) is 32.9 Å². The fourth-order valence-electron chi connectivity index (χ4n) is 1.51. The first-order chi connectivity index (χ1) is 7.18. The van der Waals surface area contributed by atoms with Crippen molar-refractivity contribution >= 4 is 11.3 Å². The molecule has 0 aromatic carbocycles. The van der Waals surface area contributed by atoms with E-state index in [1.807, 2.05) is 0 Å². The second-order valence-electron chi connectivity index (χ2n) is 4.33. The molecule has 15 heavy (non-hydrogen) atoms. The van der Waals surface area contributed by atoms with E-state index in [1.54, 1.807) is 11.3 Å². The highest BCUT2D eigenvalue weighted by Crippen LogP contribution is 2.08. The molecule has 0 aliphatic rings. The van der Waals surface area contributed by atoms with Gasteiger partial charge < -0.3 is 10.2 Å². The predicted octanol–water partition coefficient (Wildman–Crippen LogP) is 2.57.